The fourth-order valence-corrected chi connectivity index (χ4v) is 4.68. The van der Waals surface area contributed by atoms with Crippen molar-refractivity contribution in [3.05, 3.63) is 59.4 Å². The molecule has 2 N–H and O–H groups in total. The van der Waals surface area contributed by atoms with Crippen LogP contribution in [-0.4, -0.2) is 63.0 Å². The lowest BCUT2D eigenvalue weighted by atomic mass is 10.1. The van der Waals surface area contributed by atoms with Crippen LogP contribution in [0.4, 0.5) is 20.6 Å². The van der Waals surface area contributed by atoms with Crippen molar-refractivity contribution in [1.29, 1.82) is 0 Å². The zero-order valence-corrected chi connectivity index (χ0v) is 21.7. The van der Waals surface area contributed by atoms with E-state index < -0.39 is 17.3 Å². The molecule has 2 amide bonds. The Hall–Kier alpha value is -4.08. The van der Waals surface area contributed by atoms with Crippen LogP contribution in [0.2, 0.25) is 0 Å². The van der Waals surface area contributed by atoms with Crippen molar-refractivity contribution < 1.29 is 18.7 Å². The first kappa shape index (κ1) is 24.6. The van der Waals surface area contributed by atoms with Crippen LogP contribution < -0.4 is 10.2 Å². The number of aromatic nitrogens is 3. The molecule has 9 nitrogen and oxygen atoms in total. The summed E-state index contributed by atoms with van der Waals surface area (Å²) in [5, 5.41) is 3.61. The number of piperazine rings is 1. The minimum Gasteiger partial charge on any atom is -0.444 e. The SMILES string of the molecule is Cc1cn2cc(NC(=O)c3ccc(N4CCN(C(=O)OC(C)(C)C)CC4)c4cc(C)[nH]c34)c(F)cc2n1. The molecule has 37 heavy (non-hydrogen) atoms. The highest BCUT2D eigenvalue weighted by Gasteiger charge is 2.27. The molecule has 1 aromatic carbocycles. The van der Waals surface area contributed by atoms with Crippen LogP contribution in [0.3, 0.4) is 0 Å². The van der Waals surface area contributed by atoms with E-state index in [1.54, 1.807) is 21.6 Å². The number of carbonyl (C=O) groups excluding carboxylic acids is 2. The molecule has 10 heteroatoms. The van der Waals surface area contributed by atoms with Crippen LogP contribution in [0, 0.1) is 19.7 Å². The maximum atomic E-state index is 14.7. The first-order chi connectivity index (χ1) is 17.5. The van der Waals surface area contributed by atoms with E-state index >= 15 is 0 Å². The molecule has 0 radical (unpaired) electrons. The van der Waals surface area contributed by atoms with Gasteiger partial charge in [0, 0.05) is 61.4 Å². The molecule has 4 aromatic rings. The van der Waals surface area contributed by atoms with Gasteiger partial charge in [-0.15, -0.1) is 0 Å². The number of pyridine rings is 1. The molecule has 0 unspecified atom stereocenters. The number of benzene rings is 1. The fourth-order valence-electron chi connectivity index (χ4n) is 4.68. The number of amides is 2. The Kier molecular flexibility index (Phi) is 6.05. The number of anilines is 2. The Labute approximate surface area is 214 Å². The third kappa shape index (κ3) is 4.96. The third-order valence-electron chi connectivity index (χ3n) is 6.33. The van der Waals surface area contributed by atoms with Crippen molar-refractivity contribution >= 4 is 39.9 Å². The van der Waals surface area contributed by atoms with Gasteiger partial charge in [0.1, 0.15) is 11.2 Å². The summed E-state index contributed by atoms with van der Waals surface area (Å²) in [6.07, 6.45) is 2.99. The predicted octanol–water partition coefficient (Wildman–Crippen LogP) is 4.88. The van der Waals surface area contributed by atoms with Crippen LogP contribution in [0.15, 0.2) is 36.7 Å². The Balaban J connectivity index is 1.37. The summed E-state index contributed by atoms with van der Waals surface area (Å²) in [6.45, 7) is 11.7. The van der Waals surface area contributed by atoms with Crippen LogP contribution >= 0.6 is 0 Å². The maximum absolute atomic E-state index is 14.7. The van der Waals surface area contributed by atoms with Gasteiger partial charge in [-0.25, -0.2) is 14.2 Å². The standard InChI is InChI=1S/C27H31FN6O3/c1-16-12-19-22(32-8-10-33(11-9-32)26(36)37-27(3,4)5)7-6-18(24(19)30-16)25(35)31-21-15-34-14-17(2)29-23(34)13-20(21)28/h6-7,12-15,30H,8-11H2,1-5H3,(H,31,35). The molecular formula is C27H31FN6O3. The second-order valence-corrected chi connectivity index (χ2v) is 10.5. The topological polar surface area (TPSA) is 95.0 Å². The van der Waals surface area contributed by atoms with Gasteiger partial charge in [-0.05, 0) is 52.8 Å². The van der Waals surface area contributed by atoms with Crippen molar-refractivity contribution in [1.82, 2.24) is 19.3 Å². The summed E-state index contributed by atoms with van der Waals surface area (Å²) in [5.41, 5.74) is 3.76. The van der Waals surface area contributed by atoms with E-state index in [4.69, 9.17) is 4.74 Å². The van der Waals surface area contributed by atoms with E-state index in [0.717, 1.165) is 22.5 Å². The fraction of sp³-hybridized carbons (Fsp3) is 0.370. The van der Waals surface area contributed by atoms with Crippen LogP contribution in [-0.2, 0) is 4.74 Å². The smallest absolute Gasteiger partial charge is 0.410 e. The summed E-state index contributed by atoms with van der Waals surface area (Å²) in [6, 6.07) is 6.97. The van der Waals surface area contributed by atoms with E-state index in [1.807, 2.05) is 46.8 Å². The first-order valence-electron chi connectivity index (χ1n) is 12.3. The number of ether oxygens (including phenoxy) is 1. The number of aromatic amines is 1. The second-order valence-electron chi connectivity index (χ2n) is 10.5. The number of nitrogens with zero attached hydrogens (tertiary/aromatic N) is 4. The number of hydrogen-bond donors (Lipinski definition) is 2. The van der Waals surface area contributed by atoms with E-state index in [2.05, 4.69) is 20.2 Å². The Morgan fingerprint density at radius 2 is 1.81 bits per heavy atom. The highest BCUT2D eigenvalue weighted by molar-refractivity contribution is 6.14. The van der Waals surface area contributed by atoms with E-state index in [-0.39, 0.29) is 11.8 Å². The monoisotopic (exact) mass is 506 g/mol. The molecule has 3 aromatic heterocycles. The van der Waals surface area contributed by atoms with Crippen LogP contribution in [0.5, 0.6) is 0 Å². The zero-order chi connectivity index (χ0) is 26.5. The molecule has 4 heterocycles. The quantitative estimate of drug-likeness (QED) is 0.413. The molecule has 0 spiro atoms. The van der Waals surface area contributed by atoms with Gasteiger partial charge in [0.25, 0.3) is 5.91 Å². The molecule has 0 saturated carbocycles. The first-order valence-corrected chi connectivity index (χ1v) is 12.3. The van der Waals surface area contributed by atoms with Gasteiger partial charge in [0.05, 0.1) is 22.5 Å². The molecule has 1 saturated heterocycles. The summed E-state index contributed by atoms with van der Waals surface area (Å²) in [5.74, 6) is -0.965. The van der Waals surface area contributed by atoms with Gasteiger partial charge in [0.2, 0.25) is 0 Å². The average molecular weight is 507 g/mol. The number of H-pyrrole nitrogens is 1. The largest absolute Gasteiger partial charge is 0.444 e. The second kappa shape index (κ2) is 9.10. The highest BCUT2D eigenvalue weighted by atomic mass is 19.1. The molecule has 1 aliphatic rings. The van der Waals surface area contributed by atoms with E-state index in [9.17, 15) is 14.0 Å². The number of halogens is 1. The number of rotatable bonds is 3. The summed E-state index contributed by atoms with van der Waals surface area (Å²) in [7, 11) is 0. The molecule has 1 fully saturated rings. The lowest BCUT2D eigenvalue weighted by molar-refractivity contribution is 0.0240. The highest BCUT2D eigenvalue weighted by Crippen LogP contribution is 2.32. The minimum absolute atomic E-state index is 0.0775. The van der Waals surface area contributed by atoms with Gasteiger partial charge in [0.15, 0.2) is 5.82 Å². The van der Waals surface area contributed by atoms with E-state index in [1.165, 1.54) is 12.3 Å². The molecule has 0 aliphatic carbocycles. The number of aryl methyl sites for hydroxylation is 2. The van der Waals surface area contributed by atoms with Gasteiger partial charge >= 0.3 is 6.09 Å². The Morgan fingerprint density at radius 1 is 1.08 bits per heavy atom. The van der Waals surface area contributed by atoms with Crippen molar-refractivity contribution in [2.75, 3.05) is 36.4 Å². The lowest BCUT2D eigenvalue weighted by Gasteiger charge is -2.37. The van der Waals surface area contributed by atoms with Gasteiger partial charge < -0.3 is 29.2 Å². The Bertz CT molecular complexity index is 1510. The van der Waals surface area contributed by atoms with Crippen LogP contribution in [0.1, 0.15) is 42.5 Å². The van der Waals surface area contributed by atoms with Crippen molar-refractivity contribution in [3.63, 3.8) is 0 Å². The lowest BCUT2D eigenvalue weighted by Crippen LogP contribution is -2.50. The molecule has 1 aliphatic heterocycles. The number of imidazole rings is 1. The normalized spacial score (nSPS) is 14.4. The summed E-state index contributed by atoms with van der Waals surface area (Å²) in [4.78, 5) is 37.2. The van der Waals surface area contributed by atoms with Gasteiger partial charge in [-0.1, -0.05) is 0 Å². The van der Waals surface area contributed by atoms with Gasteiger partial charge in [-0.2, -0.15) is 0 Å². The van der Waals surface area contributed by atoms with Crippen molar-refractivity contribution in [2.24, 2.45) is 0 Å². The van der Waals surface area contributed by atoms with Crippen molar-refractivity contribution in [3.8, 4) is 0 Å². The minimum atomic E-state index is -0.551. The summed E-state index contributed by atoms with van der Waals surface area (Å²) >= 11 is 0. The number of hydrogen-bond acceptors (Lipinski definition) is 5. The predicted molar refractivity (Wildman–Crippen MR) is 141 cm³/mol. The summed E-state index contributed by atoms with van der Waals surface area (Å²) < 4.78 is 21.9. The average Bonchev–Trinajstić information content (AvgIpc) is 3.38. The number of carbonyl (C=O) groups is 2. The molecule has 0 bridgehead atoms. The maximum Gasteiger partial charge on any atom is 0.410 e. The number of fused-ring (bicyclic) bond motifs is 2. The van der Waals surface area contributed by atoms with Gasteiger partial charge in [-0.3, -0.25) is 4.79 Å². The van der Waals surface area contributed by atoms with Crippen molar-refractivity contribution in [2.45, 2.75) is 40.2 Å². The molecule has 5 rings (SSSR count). The van der Waals surface area contributed by atoms with E-state index in [0.29, 0.717) is 42.9 Å². The molecule has 0 atom stereocenters. The Morgan fingerprint density at radius 3 is 2.51 bits per heavy atom. The zero-order valence-electron chi connectivity index (χ0n) is 21.7. The molecular weight excluding hydrogens is 475 g/mol. The number of nitrogens with one attached hydrogen (secondary N) is 2. The molecule has 194 valence electrons. The van der Waals surface area contributed by atoms with Crippen LogP contribution in [0.25, 0.3) is 16.6 Å². The third-order valence-corrected chi connectivity index (χ3v) is 6.33.